The molecule has 2 aromatic rings. The van der Waals surface area contributed by atoms with Crippen LogP contribution in [0.15, 0.2) is 60.7 Å². The Balaban J connectivity index is 1.66. The van der Waals surface area contributed by atoms with E-state index in [0.717, 1.165) is 31.6 Å². The number of carbonyl (C=O) groups is 1. The highest BCUT2D eigenvalue weighted by Crippen LogP contribution is 2.24. The first-order valence-electron chi connectivity index (χ1n) is 8.86. The van der Waals surface area contributed by atoms with E-state index in [4.69, 9.17) is 4.74 Å². The average molecular weight is 323 g/mol. The summed E-state index contributed by atoms with van der Waals surface area (Å²) in [6.45, 7) is 3.30. The third-order valence-electron chi connectivity index (χ3n) is 4.59. The van der Waals surface area contributed by atoms with Gasteiger partial charge in [-0.15, -0.1) is 0 Å². The Hall–Kier alpha value is -2.13. The van der Waals surface area contributed by atoms with Crippen LogP contribution in [0, 0.1) is 0 Å². The summed E-state index contributed by atoms with van der Waals surface area (Å²) in [5, 5.41) is 0. The van der Waals surface area contributed by atoms with Crippen LogP contribution in [0.4, 0.5) is 0 Å². The Bertz CT molecular complexity index is 621. The molecular weight excluding hydrogens is 298 g/mol. The molecule has 2 aromatic carbocycles. The van der Waals surface area contributed by atoms with Crippen LogP contribution >= 0.6 is 0 Å². The van der Waals surface area contributed by atoms with Crippen LogP contribution in [-0.2, 0) is 4.74 Å². The van der Waals surface area contributed by atoms with Crippen LogP contribution in [0.1, 0.15) is 47.7 Å². The smallest absolute Gasteiger partial charge is 0.338 e. The van der Waals surface area contributed by atoms with E-state index in [1.54, 1.807) is 12.1 Å². The lowest BCUT2D eigenvalue weighted by Gasteiger charge is -2.28. The van der Waals surface area contributed by atoms with Gasteiger partial charge in [0.2, 0.25) is 0 Å². The first-order chi connectivity index (χ1) is 11.8. The van der Waals surface area contributed by atoms with Crippen molar-refractivity contribution < 1.29 is 9.53 Å². The van der Waals surface area contributed by atoms with E-state index in [2.05, 4.69) is 4.90 Å². The number of piperidine rings is 1. The lowest BCUT2D eigenvalue weighted by atomic mass is 10.0. The fourth-order valence-corrected chi connectivity index (χ4v) is 3.22. The van der Waals surface area contributed by atoms with Gasteiger partial charge in [0.1, 0.15) is 6.10 Å². The molecule has 3 heteroatoms. The van der Waals surface area contributed by atoms with Gasteiger partial charge in [-0.3, -0.25) is 0 Å². The summed E-state index contributed by atoms with van der Waals surface area (Å²) in [7, 11) is 0. The molecule has 1 heterocycles. The third-order valence-corrected chi connectivity index (χ3v) is 4.59. The second kappa shape index (κ2) is 8.65. The zero-order chi connectivity index (χ0) is 16.6. The largest absolute Gasteiger partial charge is 0.454 e. The van der Waals surface area contributed by atoms with Crippen LogP contribution in [0.5, 0.6) is 0 Å². The van der Waals surface area contributed by atoms with E-state index >= 15 is 0 Å². The minimum atomic E-state index is -0.247. The fourth-order valence-electron chi connectivity index (χ4n) is 3.22. The van der Waals surface area contributed by atoms with E-state index in [1.165, 1.54) is 19.3 Å². The fraction of sp³-hybridized carbons (Fsp3) is 0.381. The van der Waals surface area contributed by atoms with Crippen LogP contribution in [-0.4, -0.2) is 30.5 Å². The van der Waals surface area contributed by atoms with Gasteiger partial charge in [-0.2, -0.15) is 0 Å². The molecular formula is C21H25NO2. The number of carbonyl (C=O) groups excluding carboxylic acids is 1. The van der Waals surface area contributed by atoms with Crippen molar-refractivity contribution in [3.05, 3.63) is 71.8 Å². The summed E-state index contributed by atoms with van der Waals surface area (Å²) in [6, 6.07) is 19.3. The van der Waals surface area contributed by atoms with Crippen molar-refractivity contribution in [2.75, 3.05) is 19.6 Å². The number of nitrogens with zero attached hydrogens (tertiary/aromatic N) is 1. The van der Waals surface area contributed by atoms with E-state index in [0.29, 0.717) is 5.56 Å². The molecule has 0 aromatic heterocycles. The first kappa shape index (κ1) is 16.7. The van der Waals surface area contributed by atoms with Crippen molar-refractivity contribution in [1.82, 2.24) is 4.90 Å². The second-order valence-electron chi connectivity index (χ2n) is 6.36. The minimum Gasteiger partial charge on any atom is -0.454 e. The zero-order valence-electron chi connectivity index (χ0n) is 14.1. The Labute approximate surface area is 144 Å². The van der Waals surface area contributed by atoms with Crippen LogP contribution in [0.2, 0.25) is 0 Å². The van der Waals surface area contributed by atoms with Gasteiger partial charge in [-0.25, -0.2) is 4.79 Å². The molecule has 1 unspecified atom stereocenters. The quantitative estimate of drug-likeness (QED) is 0.735. The van der Waals surface area contributed by atoms with Crippen LogP contribution < -0.4 is 0 Å². The topological polar surface area (TPSA) is 29.5 Å². The Morgan fingerprint density at radius 2 is 1.54 bits per heavy atom. The number of ether oxygens (including phenoxy) is 1. The van der Waals surface area contributed by atoms with E-state index < -0.39 is 0 Å². The number of hydrogen-bond acceptors (Lipinski definition) is 3. The summed E-state index contributed by atoms with van der Waals surface area (Å²) in [4.78, 5) is 14.9. The number of benzene rings is 2. The van der Waals surface area contributed by atoms with Crippen LogP contribution in [0.25, 0.3) is 0 Å². The predicted octanol–water partition coefficient (Wildman–Crippen LogP) is 4.46. The Morgan fingerprint density at radius 1 is 0.917 bits per heavy atom. The van der Waals surface area contributed by atoms with Gasteiger partial charge in [-0.05, 0) is 43.6 Å². The van der Waals surface area contributed by atoms with Crippen molar-refractivity contribution in [3.63, 3.8) is 0 Å². The van der Waals surface area contributed by atoms with Crippen LogP contribution in [0.3, 0.4) is 0 Å². The summed E-state index contributed by atoms with van der Waals surface area (Å²) < 4.78 is 5.85. The normalized spacial score (nSPS) is 16.5. The molecule has 1 saturated heterocycles. The Morgan fingerprint density at radius 3 is 2.21 bits per heavy atom. The van der Waals surface area contributed by atoms with E-state index in [1.807, 2.05) is 48.5 Å². The maximum Gasteiger partial charge on any atom is 0.338 e. The lowest BCUT2D eigenvalue weighted by molar-refractivity contribution is 0.0246. The molecule has 1 atom stereocenters. The SMILES string of the molecule is O=C(OC(CCN1CCCCC1)c1ccccc1)c1ccccc1. The summed E-state index contributed by atoms with van der Waals surface area (Å²) in [5.74, 6) is -0.247. The van der Waals surface area contributed by atoms with E-state index in [-0.39, 0.29) is 12.1 Å². The predicted molar refractivity (Wildman–Crippen MR) is 95.9 cm³/mol. The molecule has 0 spiro atoms. The summed E-state index contributed by atoms with van der Waals surface area (Å²) >= 11 is 0. The number of likely N-dealkylation sites (tertiary alicyclic amines) is 1. The molecule has 0 bridgehead atoms. The van der Waals surface area contributed by atoms with Gasteiger partial charge in [0, 0.05) is 13.0 Å². The molecule has 126 valence electrons. The lowest BCUT2D eigenvalue weighted by Crippen LogP contribution is -2.31. The molecule has 3 rings (SSSR count). The van der Waals surface area contributed by atoms with Gasteiger partial charge in [-0.1, -0.05) is 55.0 Å². The minimum absolute atomic E-state index is 0.194. The molecule has 0 N–H and O–H groups in total. The highest BCUT2D eigenvalue weighted by atomic mass is 16.5. The molecule has 0 radical (unpaired) electrons. The maximum absolute atomic E-state index is 12.4. The molecule has 1 aliphatic heterocycles. The standard InChI is InChI=1S/C21H25NO2/c23-21(19-12-6-2-7-13-19)24-20(18-10-4-1-5-11-18)14-17-22-15-8-3-9-16-22/h1-2,4-7,10-13,20H,3,8-9,14-17H2. The maximum atomic E-state index is 12.4. The summed E-state index contributed by atoms with van der Waals surface area (Å²) in [5.41, 5.74) is 1.68. The number of esters is 1. The molecule has 24 heavy (non-hydrogen) atoms. The second-order valence-corrected chi connectivity index (χ2v) is 6.36. The number of hydrogen-bond donors (Lipinski definition) is 0. The van der Waals surface area contributed by atoms with Gasteiger partial charge in [0.15, 0.2) is 0 Å². The number of rotatable bonds is 6. The van der Waals surface area contributed by atoms with Gasteiger partial charge < -0.3 is 9.64 Å². The van der Waals surface area contributed by atoms with Gasteiger partial charge in [0.25, 0.3) is 0 Å². The average Bonchev–Trinajstić information content (AvgIpc) is 2.67. The van der Waals surface area contributed by atoms with Crippen molar-refractivity contribution in [2.24, 2.45) is 0 Å². The molecule has 1 aliphatic rings. The van der Waals surface area contributed by atoms with Gasteiger partial charge in [0.05, 0.1) is 5.56 Å². The molecule has 0 amide bonds. The van der Waals surface area contributed by atoms with Crippen molar-refractivity contribution in [3.8, 4) is 0 Å². The molecule has 1 fully saturated rings. The van der Waals surface area contributed by atoms with E-state index in [9.17, 15) is 4.79 Å². The molecule has 0 saturated carbocycles. The monoisotopic (exact) mass is 323 g/mol. The highest BCUT2D eigenvalue weighted by Gasteiger charge is 2.20. The third kappa shape index (κ3) is 4.68. The molecule has 0 aliphatic carbocycles. The van der Waals surface area contributed by atoms with Crippen molar-refractivity contribution in [1.29, 1.82) is 0 Å². The summed E-state index contributed by atoms with van der Waals surface area (Å²) in [6.07, 6.45) is 4.53. The first-order valence-corrected chi connectivity index (χ1v) is 8.86. The Kier molecular flexibility index (Phi) is 6.02. The van der Waals surface area contributed by atoms with Crippen molar-refractivity contribution >= 4 is 5.97 Å². The zero-order valence-corrected chi connectivity index (χ0v) is 14.1. The van der Waals surface area contributed by atoms with Crippen molar-refractivity contribution in [2.45, 2.75) is 31.8 Å². The van der Waals surface area contributed by atoms with Gasteiger partial charge >= 0.3 is 5.97 Å². The highest BCUT2D eigenvalue weighted by molar-refractivity contribution is 5.89. The molecule has 3 nitrogen and oxygen atoms in total.